The lowest BCUT2D eigenvalue weighted by Gasteiger charge is -2.36. The second-order valence-electron chi connectivity index (χ2n) is 4.99. The molecule has 1 aromatic rings. The standard InChI is InChI=1S/C12H18N4O2/c1-8-4-11(16(17)18)12(13-5-8)15-6-9(2)14-10(3)7-15/h4-5,9-10,14H,6-7H2,1-3H3. The molecule has 2 unspecified atom stereocenters. The summed E-state index contributed by atoms with van der Waals surface area (Å²) in [7, 11) is 0. The number of aromatic nitrogens is 1. The minimum atomic E-state index is -0.354. The van der Waals surface area contributed by atoms with E-state index in [-0.39, 0.29) is 10.6 Å². The van der Waals surface area contributed by atoms with Crippen molar-refractivity contribution < 1.29 is 4.92 Å². The maximum Gasteiger partial charge on any atom is 0.311 e. The van der Waals surface area contributed by atoms with Gasteiger partial charge in [-0.2, -0.15) is 0 Å². The zero-order chi connectivity index (χ0) is 13.3. The second kappa shape index (κ2) is 4.89. The van der Waals surface area contributed by atoms with Crippen molar-refractivity contribution >= 4 is 11.5 Å². The SMILES string of the molecule is Cc1cnc(N2CC(C)NC(C)C2)c([N+](=O)[O-])c1. The van der Waals surface area contributed by atoms with Crippen LogP contribution in [0.3, 0.4) is 0 Å². The molecule has 2 rings (SSSR count). The van der Waals surface area contributed by atoms with Crippen LogP contribution >= 0.6 is 0 Å². The summed E-state index contributed by atoms with van der Waals surface area (Å²) in [6, 6.07) is 2.19. The van der Waals surface area contributed by atoms with E-state index in [0.29, 0.717) is 17.9 Å². The summed E-state index contributed by atoms with van der Waals surface area (Å²) in [5, 5.41) is 14.5. The summed E-state index contributed by atoms with van der Waals surface area (Å²) < 4.78 is 0. The molecule has 0 saturated carbocycles. The molecule has 1 fully saturated rings. The highest BCUT2D eigenvalue weighted by atomic mass is 16.6. The molecule has 1 N–H and O–H groups in total. The van der Waals surface area contributed by atoms with E-state index in [1.807, 2.05) is 11.8 Å². The Morgan fingerprint density at radius 3 is 2.61 bits per heavy atom. The van der Waals surface area contributed by atoms with Gasteiger partial charge in [-0.25, -0.2) is 4.98 Å². The first-order chi connectivity index (χ1) is 8.47. The van der Waals surface area contributed by atoms with Crippen LogP contribution in [0, 0.1) is 17.0 Å². The van der Waals surface area contributed by atoms with E-state index in [9.17, 15) is 10.1 Å². The number of anilines is 1. The lowest BCUT2D eigenvalue weighted by molar-refractivity contribution is -0.384. The third-order valence-corrected chi connectivity index (χ3v) is 3.04. The first kappa shape index (κ1) is 12.8. The second-order valence-corrected chi connectivity index (χ2v) is 4.99. The summed E-state index contributed by atoms with van der Waals surface area (Å²) in [6.07, 6.45) is 1.68. The van der Waals surface area contributed by atoms with Gasteiger partial charge < -0.3 is 10.2 Å². The van der Waals surface area contributed by atoms with Gasteiger partial charge >= 0.3 is 5.69 Å². The minimum absolute atomic E-state index is 0.0938. The van der Waals surface area contributed by atoms with Gasteiger partial charge in [0.05, 0.1) is 4.92 Å². The van der Waals surface area contributed by atoms with E-state index in [4.69, 9.17) is 0 Å². The number of nitro groups is 1. The van der Waals surface area contributed by atoms with Crippen molar-refractivity contribution in [1.82, 2.24) is 10.3 Å². The van der Waals surface area contributed by atoms with E-state index in [1.54, 1.807) is 12.3 Å². The number of rotatable bonds is 2. The Kier molecular flexibility index (Phi) is 3.47. The molecule has 0 aromatic carbocycles. The molecule has 0 radical (unpaired) electrons. The molecule has 18 heavy (non-hydrogen) atoms. The fraction of sp³-hybridized carbons (Fsp3) is 0.583. The Balaban J connectivity index is 2.35. The average Bonchev–Trinajstić information content (AvgIpc) is 2.27. The Hall–Kier alpha value is -1.69. The summed E-state index contributed by atoms with van der Waals surface area (Å²) in [6.45, 7) is 7.43. The van der Waals surface area contributed by atoms with Crippen LogP contribution in [0.1, 0.15) is 19.4 Å². The van der Waals surface area contributed by atoms with Gasteiger partial charge in [0.2, 0.25) is 5.82 Å². The molecule has 0 aliphatic carbocycles. The van der Waals surface area contributed by atoms with Gasteiger partial charge in [0.1, 0.15) is 0 Å². The van der Waals surface area contributed by atoms with Crippen LogP contribution in [0.25, 0.3) is 0 Å². The molecular weight excluding hydrogens is 232 g/mol. The summed E-state index contributed by atoms with van der Waals surface area (Å²) in [5.74, 6) is 0.478. The first-order valence-corrected chi connectivity index (χ1v) is 6.09. The smallest absolute Gasteiger partial charge is 0.311 e. The molecule has 98 valence electrons. The van der Waals surface area contributed by atoms with Crippen LogP contribution in [0.4, 0.5) is 11.5 Å². The normalized spacial score (nSPS) is 24.1. The van der Waals surface area contributed by atoms with Gasteiger partial charge in [0, 0.05) is 37.4 Å². The predicted molar refractivity (Wildman–Crippen MR) is 69.9 cm³/mol. The fourth-order valence-electron chi connectivity index (χ4n) is 2.42. The van der Waals surface area contributed by atoms with Crippen LogP contribution < -0.4 is 10.2 Å². The third kappa shape index (κ3) is 2.59. The summed E-state index contributed by atoms with van der Waals surface area (Å²) in [5.41, 5.74) is 0.901. The molecule has 1 aliphatic heterocycles. The van der Waals surface area contributed by atoms with Crippen molar-refractivity contribution in [2.24, 2.45) is 0 Å². The van der Waals surface area contributed by atoms with Crippen molar-refractivity contribution in [3.05, 3.63) is 27.9 Å². The number of piperazine rings is 1. The van der Waals surface area contributed by atoms with Crippen molar-refractivity contribution in [3.8, 4) is 0 Å². The molecule has 1 aromatic heterocycles. The molecule has 6 heteroatoms. The number of hydrogen-bond donors (Lipinski definition) is 1. The molecule has 6 nitrogen and oxygen atoms in total. The summed E-state index contributed by atoms with van der Waals surface area (Å²) >= 11 is 0. The first-order valence-electron chi connectivity index (χ1n) is 6.09. The Bertz CT molecular complexity index is 453. The average molecular weight is 250 g/mol. The molecule has 0 amide bonds. The number of nitrogens with zero attached hydrogens (tertiary/aromatic N) is 3. The van der Waals surface area contributed by atoms with E-state index >= 15 is 0 Å². The number of pyridine rings is 1. The largest absolute Gasteiger partial charge is 0.348 e. The van der Waals surface area contributed by atoms with Crippen LogP contribution in [-0.4, -0.2) is 35.1 Å². The van der Waals surface area contributed by atoms with Gasteiger partial charge in [0.25, 0.3) is 0 Å². The van der Waals surface area contributed by atoms with Crippen LogP contribution in [0.5, 0.6) is 0 Å². The van der Waals surface area contributed by atoms with Gasteiger partial charge in [-0.15, -0.1) is 0 Å². The van der Waals surface area contributed by atoms with Gasteiger partial charge in [-0.1, -0.05) is 0 Å². The minimum Gasteiger partial charge on any atom is -0.348 e. The molecule has 0 spiro atoms. The highest BCUT2D eigenvalue weighted by Gasteiger charge is 2.27. The lowest BCUT2D eigenvalue weighted by atomic mass is 10.1. The van der Waals surface area contributed by atoms with Crippen molar-refractivity contribution in [1.29, 1.82) is 0 Å². The van der Waals surface area contributed by atoms with Crippen molar-refractivity contribution in [2.45, 2.75) is 32.9 Å². The Morgan fingerprint density at radius 1 is 1.44 bits per heavy atom. The van der Waals surface area contributed by atoms with Gasteiger partial charge in [-0.05, 0) is 26.3 Å². The number of aryl methyl sites for hydroxylation is 1. The van der Waals surface area contributed by atoms with Crippen LogP contribution in [-0.2, 0) is 0 Å². The maximum absolute atomic E-state index is 11.1. The van der Waals surface area contributed by atoms with E-state index < -0.39 is 0 Å². The lowest BCUT2D eigenvalue weighted by Crippen LogP contribution is -2.54. The van der Waals surface area contributed by atoms with Crippen molar-refractivity contribution in [3.63, 3.8) is 0 Å². The molecule has 2 atom stereocenters. The zero-order valence-corrected chi connectivity index (χ0v) is 10.9. The third-order valence-electron chi connectivity index (χ3n) is 3.04. The molecule has 1 saturated heterocycles. The number of nitrogens with one attached hydrogen (secondary N) is 1. The van der Waals surface area contributed by atoms with Crippen LogP contribution in [0.15, 0.2) is 12.3 Å². The highest BCUT2D eigenvalue weighted by molar-refractivity contribution is 5.59. The molecular formula is C12H18N4O2. The monoisotopic (exact) mass is 250 g/mol. The number of hydrogen-bond acceptors (Lipinski definition) is 5. The zero-order valence-electron chi connectivity index (χ0n) is 10.9. The Morgan fingerprint density at radius 2 is 2.06 bits per heavy atom. The van der Waals surface area contributed by atoms with E-state index in [0.717, 1.165) is 18.7 Å². The predicted octanol–water partition coefficient (Wildman–Crippen LogP) is 1.48. The fourth-order valence-corrected chi connectivity index (χ4v) is 2.42. The maximum atomic E-state index is 11.1. The quantitative estimate of drug-likeness (QED) is 0.636. The molecule has 1 aliphatic rings. The summed E-state index contributed by atoms with van der Waals surface area (Å²) in [4.78, 5) is 17.0. The van der Waals surface area contributed by atoms with Crippen LogP contribution in [0.2, 0.25) is 0 Å². The van der Waals surface area contributed by atoms with Crippen molar-refractivity contribution in [2.75, 3.05) is 18.0 Å². The van der Waals surface area contributed by atoms with Gasteiger partial charge in [-0.3, -0.25) is 10.1 Å². The molecule has 2 heterocycles. The van der Waals surface area contributed by atoms with E-state index in [2.05, 4.69) is 24.1 Å². The topological polar surface area (TPSA) is 71.3 Å². The Labute approximate surface area is 106 Å². The van der Waals surface area contributed by atoms with E-state index in [1.165, 1.54) is 0 Å². The molecule has 0 bridgehead atoms. The highest BCUT2D eigenvalue weighted by Crippen LogP contribution is 2.27. The van der Waals surface area contributed by atoms with Gasteiger partial charge in [0.15, 0.2) is 0 Å².